The molecule has 3 rings (SSSR count). The van der Waals surface area contributed by atoms with Crippen LogP contribution in [0.4, 0.5) is 5.69 Å². The van der Waals surface area contributed by atoms with Gasteiger partial charge < -0.3 is 5.11 Å². The fraction of sp³-hybridized carbons (Fsp3) is 0. The number of hydrogen-bond donors (Lipinski definition) is 2. The van der Waals surface area contributed by atoms with E-state index in [-0.39, 0.29) is 4.90 Å². The molecule has 0 aliphatic rings. The summed E-state index contributed by atoms with van der Waals surface area (Å²) in [5.41, 5.74) is 2.62. The normalized spacial score (nSPS) is 11.4. The van der Waals surface area contributed by atoms with E-state index in [1.54, 1.807) is 24.3 Å². The lowest BCUT2D eigenvalue weighted by molar-refractivity contribution is -0.131. The van der Waals surface area contributed by atoms with Gasteiger partial charge in [-0.1, -0.05) is 60.7 Å². The lowest BCUT2D eigenvalue weighted by Crippen LogP contribution is -2.13. The molecule has 0 aliphatic carbocycles. The summed E-state index contributed by atoms with van der Waals surface area (Å²) in [6.45, 7) is 0. The van der Waals surface area contributed by atoms with Crippen LogP contribution in [0.25, 0.3) is 17.2 Å². The Hall–Kier alpha value is -3.38. The summed E-state index contributed by atoms with van der Waals surface area (Å²) in [4.78, 5) is 10.7. The van der Waals surface area contributed by atoms with Crippen LogP contribution in [-0.4, -0.2) is 19.5 Å². The number of hydrogen-bond acceptors (Lipinski definition) is 3. The van der Waals surface area contributed by atoms with Crippen molar-refractivity contribution in [3.63, 3.8) is 0 Å². The number of carboxylic acids is 1. The van der Waals surface area contributed by atoms with Crippen molar-refractivity contribution in [3.8, 4) is 11.1 Å². The van der Waals surface area contributed by atoms with Gasteiger partial charge in [0.25, 0.3) is 10.0 Å². The van der Waals surface area contributed by atoms with E-state index in [2.05, 4.69) is 4.72 Å². The topological polar surface area (TPSA) is 83.5 Å². The molecule has 3 aromatic carbocycles. The molecule has 0 saturated heterocycles. The minimum absolute atomic E-state index is 0.0536. The molecule has 0 unspecified atom stereocenters. The van der Waals surface area contributed by atoms with Gasteiger partial charge in [-0.25, -0.2) is 13.2 Å². The standard InChI is InChI=1S/C21H17NO4S/c23-21(24)14-13-16-7-6-10-18(15-16)27(25,26)22-20-12-5-4-11-19(20)17-8-2-1-3-9-17/h1-15,22H,(H,23,24)/b14-13+. The van der Waals surface area contributed by atoms with E-state index < -0.39 is 16.0 Å². The van der Waals surface area contributed by atoms with Gasteiger partial charge in [-0.2, -0.15) is 0 Å². The Morgan fingerprint density at radius 3 is 2.33 bits per heavy atom. The Kier molecular flexibility index (Phi) is 5.38. The number of anilines is 1. The number of carboxylic acid groups (broad SMARTS) is 1. The highest BCUT2D eigenvalue weighted by Crippen LogP contribution is 2.29. The zero-order chi connectivity index (χ0) is 19.3. The van der Waals surface area contributed by atoms with Gasteiger partial charge in [0.2, 0.25) is 0 Å². The SMILES string of the molecule is O=C(O)/C=C/c1cccc(S(=O)(=O)Nc2ccccc2-c2ccccc2)c1. The third kappa shape index (κ3) is 4.62. The van der Waals surface area contributed by atoms with E-state index in [1.807, 2.05) is 42.5 Å². The van der Waals surface area contributed by atoms with Gasteiger partial charge >= 0.3 is 5.97 Å². The lowest BCUT2D eigenvalue weighted by Gasteiger charge is -2.13. The van der Waals surface area contributed by atoms with Crippen molar-refractivity contribution in [1.82, 2.24) is 0 Å². The number of benzene rings is 3. The molecule has 0 saturated carbocycles. The van der Waals surface area contributed by atoms with Crippen LogP contribution in [0.15, 0.2) is 89.8 Å². The molecule has 0 fully saturated rings. The second-order valence-corrected chi connectivity index (χ2v) is 7.44. The zero-order valence-corrected chi connectivity index (χ0v) is 15.1. The molecule has 0 atom stereocenters. The van der Waals surface area contributed by atoms with E-state index in [9.17, 15) is 13.2 Å². The first-order valence-corrected chi connectivity index (χ1v) is 9.62. The summed E-state index contributed by atoms with van der Waals surface area (Å²) in [5.74, 6) is -1.10. The van der Waals surface area contributed by atoms with E-state index in [0.29, 0.717) is 11.3 Å². The predicted octanol–water partition coefficient (Wildman–Crippen LogP) is 4.25. The number of aliphatic carboxylic acids is 1. The van der Waals surface area contributed by atoms with E-state index in [0.717, 1.165) is 17.2 Å². The average Bonchev–Trinajstić information content (AvgIpc) is 2.67. The van der Waals surface area contributed by atoms with Crippen LogP contribution < -0.4 is 4.72 Å². The van der Waals surface area contributed by atoms with Gasteiger partial charge in [0.1, 0.15) is 0 Å². The van der Waals surface area contributed by atoms with Crippen molar-refractivity contribution >= 4 is 27.8 Å². The maximum Gasteiger partial charge on any atom is 0.328 e. The van der Waals surface area contributed by atoms with Gasteiger partial charge in [0.15, 0.2) is 0 Å². The minimum atomic E-state index is -3.84. The largest absolute Gasteiger partial charge is 0.478 e. The smallest absolute Gasteiger partial charge is 0.328 e. The summed E-state index contributed by atoms with van der Waals surface area (Å²) in [7, 11) is -3.84. The number of carbonyl (C=O) groups is 1. The molecule has 3 aromatic rings. The second-order valence-electron chi connectivity index (χ2n) is 5.76. The Balaban J connectivity index is 1.95. The summed E-state index contributed by atoms with van der Waals surface area (Å²) in [6, 6.07) is 22.7. The fourth-order valence-electron chi connectivity index (χ4n) is 2.60. The van der Waals surface area contributed by atoms with Crippen LogP contribution in [0.2, 0.25) is 0 Å². The molecule has 0 bridgehead atoms. The van der Waals surface area contributed by atoms with Gasteiger partial charge in [-0.05, 0) is 35.4 Å². The van der Waals surface area contributed by atoms with Crippen molar-refractivity contribution in [2.75, 3.05) is 4.72 Å². The molecule has 0 heterocycles. The molecular formula is C21H17NO4S. The number of sulfonamides is 1. The molecule has 5 nitrogen and oxygen atoms in total. The fourth-order valence-corrected chi connectivity index (χ4v) is 3.73. The van der Waals surface area contributed by atoms with Crippen molar-refractivity contribution in [2.24, 2.45) is 0 Å². The molecule has 0 aliphatic heterocycles. The predicted molar refractivity (Wildman–Crippen MR) is 106 cm³/mol. The molecular weight excluding hydrogens is 362 g/mol. The molecule has 0 spiro atoms. The minimum Gasteiger partial charge on any atom is -0.478 e. The highest BCUT2D eigenvalue weighted by molar-refractivity contribution is 7.92. The third-order valence-electron chi connectivity index (χ3n) is 3.84. The van der Waals surface area contributed by atoms with E-state index in [1.165, 1.54) is 18.2 Å². The van der Waals surface area contributed by atoms with Gasteiger partial charge in [0, 0.05) is 11.6 Å². The highest BCUT2D eigenvalue weighted by Gasteiger charge is 2.16. The zero-order valence-electron chi connectivity index (χ0n) is 14.2. The van der Waals surface area contributed by atoms with Crippen molar-refractivity contribution in [2.45, 2.75) is 4.90 Å². The van der Waals surface area contributed by atoms with Crippen molar-refractivity contribution in [1.29, 1.82) is 0 Å². The third-order valence-corrected chi connectivity index (χ3v) is 5.21. The summed E-state index contributed by atoms with van der Waals surface area (Å²) in [5, 5.41) is 8.72. The Bertz CT molecular complexity index is 1090. The van der Waals surface area contributed by atoms with Crippen LogP contribution in [-0.2, 0) is 14.8 Å². The van der Waals surface area contributed by atoms with E-state index in [4.69, 9.17) is 5.11 Å². The van der Waals surface area contributed by atoms with Crippen LogP contribution in [0.1, 0.15) is 5.56 Å². The monoisotopic (exact) mass is 379 g/mol. The number of nitrogens with one attached hydrogen (secondary N) is 1. The maximum atomic E-state index is 12.8. The van der Waals surface area contributed by atoms with Crippen LogP contribution in [0.3, 0.4) is 0 Å². The van der Waals surface area contributed by atoms with Crippen molar-refractivity contribution < 1.29 is 18.3 Å². The Labute approximate surface area is 157 Å². The Morgan fingerprint density at radius 2 is 1.59 bits per heavy atom. The van der Waals surface area contributed by atoms with Crippen LogP contribution in [0, 0.1) is 0 Å². The summed E-state index contributed by atoms with van der Waals surface area (Å²) in [6.07, 6.45) is 2.31. The molecule has 0 aromatic heterocycles. The van der Waals surface area contributed by atoms with Crippen LogP contribution >= 0.6 is 0 Å². The van der Waals surface area contributed by atoms with Gasteiger partial charge in [-0.3, -0.25) is 4.72 Å². The first-order valence-electron chi connectivity index (χ1n) is 8.14. The number of para-hydroxylation sites is 1. The first-order chi connectivity index (χ1) is 13.0. The summed E-state index contributed by atoms with van der Waals surface area (Å²) >= 11 is 0. The van der Waals surface area contributed by atoms with E-state index >= 15 is 0 Å². The highest BCUT2D eigenvalue weighted by atomic mass is 32.2. The quantitative estimate of drug-likeness (QED) is 0.627. The molecule has 2 N–H and O–H groups in total. The molecule has 27 heavy (non-hydrogen) atoms. The molecule has 0 radical (unpaired) electrons. The summed E-state index contributed by atoms with van der Waals surface area (Å²) < 4.78 is 28.3. The van der Waals surface area contributed by atoms with Gasteiger partial charge in [0.05, 0.1) is 10.6 Å². The van der Waals surface area contributed by atoms with Gasteiger partial charge in [-0.15, -0.1) is 0 Å². The number of rotatable bonds is 6. The second kappa shape index (κ2) is 7.88. The Morgan fingerprint density at radius 1 is 0.889 bits per heavy atom. The first kappa shape index (κ1) is 18.4. The van der Waals surface area contributed by atoms with Crippen molar-refractivity contribution in [3.05, 3.63) is 90.5 Å². The molecule has 6 heteroatoms. The molecule has 0 amide bonds. The molecule has 136 valence electrons. The maximum absolute atomic E-state index is 12.8. The average molecular weight is 379 g/mol. The lowest BCUT2D eigenvalue weighted by atomic mass is 10.0. The van der Waals surface area contributed by atoms with Crippen LogP contribution in [0.5, 0.6) is 0 Å².